The Kier molecular flexibility index (Phi) is 4.71. The summed E-state index contributed by atoms with van der Waals surface area (Å²) in [7, 11) is 0. The lowest BCUT2D eigenvalue weighted by Gasteiger charge is -2.31. The molecule has 0 spiro atoms. The molecule has 2 aromatic heterocycles. The first kappa shape index (κ1) is 17.3. The predicted molar refractivity (Wildman–Crippen MR) is 97.2 cm³/mol. The number of rotatable bonds is 3. The highest BCUT2D eigenvalue weighted by molar-refractivity contribution is 7.18. The zero-order chi connectivity index (χ0) is 18.1. The molecule has 0 saturated carbocycles. The van der Waals surface area contributed by atoms with Crippen LogP contribution in [-0.2, 0) is 9.59 Å². The van der Waals surface area contributed by atoms with E-state index < -0.39 is 0 Å². The molecule has 1 N–H and O–H groups in total. The van der Waals surface area contributed by atoms with Crippen molar-refractivity contribution in [1.82, 2.24) is 14.6 Å². The summed E-state index contributed by atoms with van der Waals surface area (Å²) in [4.78, 5) is 44.5. The summed E-state index contributed by atoms with van der Waals surface area (Å²) >= 11 is 1.46. The number of thiophene rings is 1. The maximum Gasteiger partial charge on any atom is 0.281 e. The smallest absolute Gasteiger partial charge is 0.281 e. The molecule has 25 heavy (non-hydrogen) atoms. The molecule has 8 heteroatoms. The van der Waals surface area contributed by atoms with E-state index in [-0.39, 0.29) is 23.3 Å². The number of nitrogens with zero attached hydrogens (tertiary/aromatic N) is 3. The van der Waals surface area contributed by atoms with Crippen LogP contribution in [0.25, 0.3) is 10.2 Å². The van der Waals surface area contributed by atoms with Gasteiger partial charge in [-0.25, -0.2) is 9.66 Å². The summed E-state index contributed by atoms with van der Waals surface area (Å²) in [5.41, 5.74) is 3.24. The monoisotopic (exact) mass is 360 g/mol. The molecule has 0 radical (unpaired) electrons. The SMILES string of the molecule is C=CC(=O)N1CCCC(C(=O)Nn2cnc3sc(C)c(C)c3c2=O)C1. The molecule has 0 aliphatic carbocycles. The quantitative estimate of drug-likeness (QED) is 0.842. The van der Waals surface area contributed by atoms with E-state index >= 15 is 0 Å². The number of fused-ring (bicyclic) bond motifs is 1. The van der Waals surface area contributed by atoms with Crippen LogP contribution in [0.4, 0.5) is 0 Å². The summed E-state index contributed by atoms with van der Waals surface area (Å²) in [6.45, 7) is 8.25. The van der Waals surface area contributed by atoms with Gasteiger partial charge in [0.1, 0.15) is 11.2 Å². The van der Waals surface area contributed by atoms with E-state index in [1.54, 1.807) is 4.90 Å². The van der Waals surface area contributed by atoms with E-state index in [0.29, 0.717) is 29.7 Å². The largest absolute Gasteiger partial charge is 0.338 e. The zero-order valence-electron chi connectivity index (χ0n) is 14.2. The van der Waals surface area contributed by atoms with Crippen molar-refractivity contribution in [3.05, 3.63) is 39.8 Å². The molecule has 132 valence electrons. The van der Waals surface area contributed by atoms with E-state index in [9.17, 15) is 14.4 Å². The highest BCUT2D eigenvalue weighted by atomic mass is 32.1. The minimum atomic E-state index is -0.356. The summed E-state index contributed by atoms with van der Waals surface area (Å²) in [6.07, 6.45) is 4.01. The molecule has 1 saturated heterocycles. The first-order valence-electron chi connectivity index (χ1n) is 8.12. The van der Waals surface area contributed by atoms with Crippen molar-refractivity contribution in [1.29, 1.82) is 0 Å². The van der Waals surface area contributed by atoms with Crippen molar-refractivity contribution in [3.8, 4) is 0 Å². The van der Waals surface area contributed by atoms with Gasteiger partial charge in [-0.05, 0) is 38.3 Å². The van der Waals surface area contributed by atoms with Gasteiger partial charge in [-0.3, -0.25) is 19.8 Å². The molecule has 2 aromatic rings. The number of aromatic nitrogens is 2. The Morgan fingerprint density at radius 2 is 2.20 bits per heavy atom. The van der Waals surface area contributed by atoms with Crippen LogP contribution in [0.5, 0.6) is 0 Å². The highest BCUT2D eigenvalue weighted by Gasteiger charge is 2.28. The van der Waals surface area contributed by atoms with Crippen molar-refractivity contribution >= 4 is 33.4 Å². The van der Waals surface area contributed by atoms with Crippen LogP contribution < -0.4 is 11.0 Å². The Hall–Kier alpha value is -2.48. The average molecular weight is 360 g/mol. The Balaban J connectivity index is 1.81. The van der Waals surface area contributed by atoms with Gasteiger partial charge >= 0.3 is 0 Å². The fourth-order valence-electron chi connectivity index (χ4n) is 3.04. The van der Waals surface area contributed by atoms with E-state index in [0.717, 1.165) is 21.5 Å². The number of likely N-dealkylation sites (tertiary alicyclic amines) is 1. The first-order valence-corrected chi connectivity index (χ1v) is 8.93. The van der Waals surface area contributed by atoms with Crippen LogP contribution in [-0.4, -0.2) is 39.5 Å². The van der Waals surface area contributed by atoms with Gasteiger partial charge in [-0.1, -0.05) is 6.58 Å². The third kappa shape index (κ3) is 3.21. The molecule has 1 atom stereocenters. The number of aryl methyl sites for hydroxylation is 2. The maximum atomic E-state index is 12.6. The lowest BCUT2D eigenvalue weighted by atomic mass is 9.97. The Morgan fingerprint density at radius 3 is 2.92 bits per heavy atom. The molecule has 2 amide bonds. The zero-order valence-corrected chi connectivity index (χ0v) is 15.1. The van der Waals surface area contributed by atoms with Gasteiger partial charge in [0.25, 0.3) is 5.56 Å². The van der Waals surface area contributed by atoms with Gasteiger partial charge in [0.2, 0.25) is 11.8 Å². The minimum absolute atomic E-state index is 0.179. The molecule has 0 aromatic carbocycles. The number of carbonyl (C=O) groups is 2. The molecule has 1 aliphatic rings. The number of nitrogens with one attached hydrogen (secondary N) is 1. The fraction of sp³-hybridized carbons (Fsp3) is 0.412. The van der Waals surface area contributed by atoms with Gasteiger partial charge in [0.15, 0.2) is 0 Å². The average Bonchev–Trinajstić information content (AvgIpc) is 2.91. The summed E-state index contributed by atoms with van der Waals surface area (Å²) in [6, 6.07) is 0. The van der Waals surface area contributed by atoms with Crippen LogP contribution >= 0.6 is 11.3 Å². The second-order valence-electron chi connectivity index (χ2n) is 6.19. The van der Waals surface area contributed by atoms with Gasteiger partial charge < -0.3 is 4.90 Å². The van der Waals surface area contributed by atoms with Crippen LogP contribution in [0.3, 0.4) is 0 Å². The predicted octanol–water partition coefficient (Wildman–Crippen LogP) is 1.57. The van der Waals surface area contributed by atoms with Gasteiger partial charge in [0, 0.05) is 18.0 Å². The lowest BCUT2D eigenvalue weighted by Crippen LogP contribution is -2.45. The summed E-state index contributed by atoms with van der Waals surface area (Å²) in [5, 5.41) is 0.539. The molecule has 3 heterocycles. The Labute approximate surface area is 148 Å². The normalized spacial score (nSPS) is 17.5. The molecular formula is C17H20N4O3S. The minimum Gasteiger partial charge on any atom is -0.338 e. The number of hydrogen-bond acceptors (Lipinski definition) is 5. The molecule has 3 rings (SSSR count). The molecule has 1 unspecified atom stereocenters. The summed E-state index contributed by atoms with van der Waals surface area (Å²) in [5.74, 6) is -0.818. The van der Waals surface area contributed by atoms with Crippen molar-refractivity contribution < 1.29 is 9.59 Å². The third-order valence-electron chi connectivity index (χ3n) is 4.60. The molecule has 1 fully saturated rings. The molecule has 1 aliphatic heterocycles. The maximum absolute atomic E-state index is 12.6. The van der Waals surface area contributed by atoms with Crippen LogP contribution in [0.2, 0.25) is 0 Å². The number of amides is 2. The van der Waals surface area contributed by atoms with E-state index in [2.05, 4.69) is 17.0 Å². The van der Waals surface area contributed by atoms with Crippen LogP contribution in [0, 0.1) is 19.8 Å². The number of carbonyl (C=O) groups excluding carboxylic acids is 2. The molecule has 0 bridgehead atoms. The molecular weight excluding hydrogens is 340 g/mol. The fourth-order valence-corrected chi connectivity index (χ4v) is 4.03. The number of hydrogen-bond donors (Lipinski definition) is 1. The van der Waals surface area contributed by atoms with E-state index in [1.807, 2.05) is 13.8 Å². The highest BCUT2D eigenvalue weighted by Crippen LogP contribution is 2.25. The van der Waals surface area contributed by atoms with Gasteiger partial charge in [-0.2, -0.15) is 0 Å². The Bertz CT molecular complexity index is 914. The first-order chi connectivity index (χ1) is 11.9. The summed E-state index contributed by atoms with van der Waals surface area (Å²) < 4.78 is 1.14. The number of piperidine rings is 1. The van der Waals surface area contributed by atoms with Crippen molar-refractivity contribution in [3.63, 3.8) is 0 Å². The van der Waals surface area contributed by atoms with E-state index in [4.69, 9.17) is 0 Å². The Morgan fingerprint density at radius 1 is 1.44 bits per heavy atom. The van der Waals surface area contributed by atoms with Crippen molar-refractivity contribution in [2.75, 3.05) is 18.5 Å². The topological polar surface area (TPSA) is 84.3 Å². The van der Waals surface area contributed by atoms with Gasteiger partial charge in [0.05, 0.1) is 11.3 Å². The van der Waals surface area contributed by atoms with Crippen LogP contribution in [0.15, 0.2) is 23.8 Å². The lowest BCUT2D eigenvalue weighted by molar-refractivity contribution is -0.130. The van der Waals surface area contributed by atoms with Crippen molar-refractivity contribution in [2.45, 2.75) is 26.7 Å². The molecule has 7 nitrogen and oxygen atoms in total. The third-order valence-corrected chi connectivity index (χ3v) is 5.71. The second kappa shape index (κ2) is 6.79. The van der Waals surface area contributed by atoms with Gasteiger partial charge in [-0.15, -0.1) is 11.3 Å². The van der Waals surface area contributed by atoms with Crippen molar-refractivity contribution in [2.24, 2.45) is 5.92 Å². The van der Waals surface area contributed by atoms with Crippen LogP contribution in [0.1, 0.15) is 23.3 Å². The second-order valence-corrected chi connectivity index (χ2v) is 7.39. The standard InChI is InChI=1S/C17H20N4O3S/c1-4-13(22)20-7-5-6-12(8-20)15(23)19-21-9-18-16-14(17(21)24)10(2)11(3)25-16/h4,9,12H,1,5-8H2,2-3H3,(H,19,23). The van der Waals surface area contributed by atoms with E-state index in [1.165, 1.54) is 23.7 Å².